The van der Waals surface area contributed by atoms with E-state index in [1.54, 1.807) is 6.92 Å². The minimum atomic E-state index is -3.47. The Morgan fingerprint density at radius 1 is 1.17 bits per heavy atom. The van der Waals surface area contributed by atoms with Gasteiger partial charge in [-0.2, -0.15) is 22.0 Å². The summed E-state index contributed by atoms with van der Waals surface area (Å²) < 4.78 is 33.0. The first-order valence-corrected chi connectivity index (χ1v) is 8.82. The van der Waals surface area contributed by atoms with Gasteiger partial charge in [0.25, 0.3) is 10.2 Å². The van der Waals surface area contributed by atoms with Gasteiger partial charge in [0.1, 0.15) is 0 Å². The van der Waals surface area contributed by atoms with Crippen molar-refractivity contribution < 1.29 is 12.9 Å². The number of rotatable bonds is 4. The summed E-state index contributed by atoms with van der Waals surface area (Å²) in [7, 11) is -0.397. The summed E-state index contributed by atoms with van der Waals surface area (Å²) in [5.74, 6) is 0.896. The van der Waals surface area contributed by atoms with Crippen molar-refractivity contribution in [2.75, 3.05) is 27.2 Å². The second-order valence-corrected chi connectivity index (χ2v) is 8.05. The Morgan fingerprint density at radius 2 is 1.83 bits per heavy atom. The number of aryl methyl sites for hydroxylation is 1. The average molecular weight is 336 g/mol. The third-order valence-electron chi connectivity index (χ3n) is 4.16. The number of aromatic nitrogens is 2. The SMILES string of the molecule is Cc1noc([C@H]2CN(S(=O)(=O)N(C)C)C[C@H]2c2ccccc2)n1. The third kappa shape index (κ3) is 3.01. The predicted octanol–water partition coefficient (Wildman–Crippen LogP) is 1.37. The monoisotopic (exact) mass is 336 g/mol. The average Bonchev–Trinajstić information content (AvgIpc) is 3.14. The van der Waals surface area contributed by atoms with Gasteiger partial charge in [0, 0.05) is 33.1 Å². The Balaban J connectivity index is 1.98. The molecule has 1 aromatic heterocycles. The summed E-state index contributed by atoms with van der Waals surface area (Å²) in [6.07, 6.45) is 0. The molecule has 0 radical (unpaired) electrons. The topological polar surface area (TPSA) is 79.5 Å². The summed E-state index contributed by atoms with van der Waals surface area (Å²) >= 11 is 0. The standard InChI is InChI=1S/C15H20N4O3S/c1-11-16-15(22-17-11)14-10-19(23(20,21)18(2)3)9-13(14)12-7-5-4-6-8-12/h4-8,13-14H,9-10H2,1-3H3/t13-,14-/m0/s1. The van der Waals surface area contributed by atoms with Gasteiger partial charge in [0.05, 0.1) is 5.92 Å². The van der Waals surface area contributed by atoms with Crippen LogP contribution in [0.15, 0.2) is 34.9 Å². The first kappa shape index (κ1) is 16.1. The van der Waals surface area contributed by atoms with Crippen molar-refractivity contribution in [3.8, 4) is 0 Å². The molecule has 0 aliphatic carbocycles. The molecule has 23 heavy (non-hydrogen) atoms. The zero-order valence-corrected chi connectivity index (χ0v) is 14.2. The molecule has 1 fully saturated rings. The molecule has 0 saturated carbocycles. The molecule has 1 saturated heterocycles. The van der Waals surface area contributed by atoms with E-state index in [9.17, 15) is 8.42 Å². The molecule has 0 N–H and O–H groups in total. The lowest BCUT2D eigenvalue weighted by atomic mass is 9.89. The molecule has 0 unspecified atom stereocenters. The molecule has 7 nitrogen and oxygen atoms in total. The molecule has 1 aliphatic rings. The maximum atomic E-state index is 12.5. The van der Waals surface area contributed by atoms with Gasteiger partial charge >= 0.3 is 0 Å². The van der Waals surface area contributed by atoms with E-state index in [-0.39, 0.29) is 11.8 Å². The fraction of sp³-hybridized carbons (Fsp3) is 0.467. The molecular weight excluding hydrogens is 316 g/mol. The van der Waals surface area contributed by atoms with Crippen LogP contribution in [-0.4, -0.2) is 54.4 Å². The summed E-state index contributed by atoms with van der Waals surface area (Å²) in [5, 5.41) is 3.85. The molecule has 0 spiro atoms. The van der Waals surface area contributed by atoms with Crippen LogP contribution in [0.2, 0.25) is 0 Å². The van der Waals surface area contributed by atoms with Crippen LogP contribution in [0.5, 0.6) is 0 Å². The molecular formula is C15H20N4O3S. The van der Waals surface area contributed by atoms with Gasteiger partial charge in [-0.3, -0.25) is 0 Å². The molecule has 1 aromatic carbocycles. The van der Waals surface area contributed by atoms with Crippen LogP contribution in [0.25, 0.3) is 0 Å². The Hall–Kier alpha value is -1.77. The second-order valence-electron chi connectivity index (χ2n) is 5.91. The zero-order chi connectivity index (χ0) is 16.6. The van der Waals surface area contributed by atoms with Crippen LogP contribution in [0, 0.1) is 6.92 Å². The quantitative estimate of drug-likeness (QED) is 0.842. The first-order valence-electron chi connectivity index (χ1n) is 7.42. The smallest absolute Gasteiger partial charge is 0.281 e. The van der Waals surface area contributed by atoms with Crippen molar-refractivity contribution in [3.63, 3.8) is 0 Å². The van der Waals surface area contributed by atoms with Crippen molar-refractivity contribution in [1.82, 2.24) is 18.8 Å². The van der Waals surface area contributed by atoms with Gasteiger partial charge in [-0.15, -0.1) is 0 Å². The van der Waals surface area contributed by atoms with E-state index in [4.69, 9.17) is 4.52 Å². The number of nitrogens with zero attached hydrogens (tertiary/aromatic N) is 4. The molecule has 2 heterocycles. The predicted molar refractivity (Wildman–Crippen MR) is 85.1 cm³/mol. The summed E-state index contributed by atoms with van der Waals surface area (Å²) in [6.45, 7) is 2.49. The minimum absolute atomic E-state index is 0.00854. The molecule has 2 atom stereocenters. The van der Waals surface area contributed by atoms with E-state index in [1.807, 2.05) is 30.3 Å². The van der Waals surface area contributed by atoms with Crippen LogP contribution in [0.3, 0.4) is 0 Å². The molecule has 8 heteroatoms. The van der Waals surface area contributed by atoms with Crippen LogP contribution in [0.4, 0.5) is 0 Å². The fourth-order valence-corrected chi connectivity index (χ4v) is 4.10. The van der Waals surface area contributed by atoms with Gasteiger partial charge in [-0.25, -0.2) is 0 Å². The van der Waals surface area contributed by atoms with Crippen molar-refractivity contribution in [3.05, 3.63) is 47.6 Å². The second kappa shape index (κ2) is 6.03. The lowest BCUT2D eigenvalue weighted by molar-refractivity contribution is 0.344. The van der Waals surface area contributed by atoms with Gasteiger partial charge < -0.3 is 4.52 Å². The van der Waals surface area contributed by atoms with E-state index in [2.05, 4.69) is 10.1 Å². The van der Waals surface area contributed by atoms with Crippen molar-refractivity contribution in [2.24, 2.45) is 0 Å². The number of benzene rings is 1. The summed E-state index contributed by atoms with van der Waals surface area (Å²) in [5.41, 5.74) is 1.07. The Morgan fingerprint density at radius 3 is 2.39 bits per heavy atom. The van der Waals surface area contributed by atoms with Crippen LogP contribution < -0.4 is 0 Å². The van der Waals surface area contributed by atoms with E-state index < -0.39 is 10.2 Å². The fourth-order valence-electron chi connectivity index (χ4n) is 2.94. The van der Waals surface area contributed by atoms with Crippen molar-refractivity contribution in [2.45, 2.75) is 18.8 Å². The lowest BCUT2D eigenvalue weighted by Crippen LogP contribution is -2.38. The van der Waals surface area contributed by atoms with E-state index in [1.165, 1.54) is 22.7 Å². The van der Waals surface area contributed by atoms with E-state index in [0.29, 0.717) is 24.8 Å². The minimum Gasteiger partial charge on any atom is -0.339 e. The Kier molecular flexibility index (Phi) is 4.22. The third-order valence-corrected chi connectivity index (χ3v) is 6.04. The summed E-state index contributed by atoms with van der Waals surface area (Å²) in [4.78, 5) is 4.32. The highest BCUT2D eigenvalue weighted by atomic mass is 32.2. The Bertz CT molecular complexity index is 773. The molecule has 0 bridgehead atoms. The van der Waals surface area contributed by atoms with Crippen molar-refractivity contribution in [1.29, 1.82) is 0 Å². The highest BCUT2D eigenvalue weighted by Crippen LogP contribution is 2.40. The highest BCUT2D eigenvalue weighted by Gasteiger charge is 2.43. The Labute approximate surface area is 136 Å². The van der Waals surface area contributed by atoms with Gasteiger partial charge in [0.15, 0.2) is 5.82 Å². The number of hydrogen-bond acceptors (Lipinski definition) is 5. The molecule has 3 rings (SSSR count). The lowest BCUT2D eigenvalue weighted by Gasteiger charge is -2.20. The zero-order valence-electron chi connectivity index (χ0n) is 13.4. The molecule has 0 amide bonds. The van der Waals surface area contributed by atoms with Crippen LogP contribution in [0.1, 0.15) is 29.1 Å². The maximum absolute atomic E-state index is 12.5. The van der Waals surface area contributed by atoms with E-state index in [0.717, 1.165) is 5.56 Å². The van der Waals surface area contributed by atoms with Crippen molar-refractivity contribution >= 4 is 10.2 Å². The molecule has 2 aromatic rings. The molecule has 1 aliphatic heterocycles. The molecule has 124 valence electrons. The number of hydrogen-bond donors (Lipinski definition) is 0. The van der Waals surface area contributed by atoms with Crippen LogP contribution >= 0.6 is 0 Å². The normalized spacial score (nSPS) is 22.8. The maximum Gasteiger partial charge on any atom is 0.281 e. The highest BCUT2D eigenvalue weighted by molar-refractivity contribution is 7.86. The van der Waals surface area contributed by atoms with Gasteiger partial charge in [0.2, 0.25) is 5.89 Å². The largest absolute Gasteiger partial charge is 0.339 e. The van der Waals surface area contributed by atoms with Gasteiger partial charge in [-0.05, 0) is 12.5 Å². The summed E-state index contributed by atoms with van der Waals surface area (Å²) in [6, 6.07) is 9.86. The van der Waals surface area contributed by atoms with Gasteiger partial charge in [-0.1, -0.05) is 35.5 Å². The van der Waals surface area contributed by atoms with Crippen LogP contribution in [-0.2, 0) is 10.2 Å². The van der Waals surface area contributed by atoms with E-state index >= 15 is 0 Å². The first-order chi connectivity index (χ1) is 10.9.